The Hall–Kier alpha value is -3.48. The van der Waals surface area contributed by atoms with Gasteiger partial charge in [-0.05, 0) is 53.8 Å². The molecule has 0 spiro atoms. The van der Waals surface area contributed by atoms with Crippen LogP contribution < -0.4 is 19.6 Å². The van der Waals surface area contributed by atoms with Gasteiger partial charge < -0.3 is 4.74 Å². The average molecular weight is 555 g/mol. The Morgan fingerprint density at radius 1 is 1.06 bits per heavy atom. The molecule has 2 heterocycles. The Morgan fingerprint density at radius 2 is 1.83 bits per heavy atom. The van der Waals surface area contributed by atoms with E-state index in [1.807, 2.05) is 47.0 Å². The van der Waals surface area contributed by atoms with Gasteiger partial charge in [0.05, 0.1) is 16.3 Å². The molecule has 1 aliphatic carbocycles. The molecule has 0 unspecified atom stereocenters. The highest BCUT2D eigenvalue weighted by molar-refractivity contribution is 9.10. The summed E-state index contributed by atoms with van der Waals surface area (Å²) >= 11 is 4.98. The highest BCUT2D eigenvalue weighted by atomic mass is 79.9. The first-order valence-electron chi connectivity index (χ1n) is 11.9. The van der Waals surface area contributed by atoms with Gasteiger partial charge in [0.15, 0.2) is 4.80 Å². The molecular weight excluding hydrogens is 532 g/mol. The molecule has 6 rings (SSSR count). The Bertz CT molecular complexity index is 1700. The van der Waals surface area contributed by atoms with Crippen molar-refractivity contribution in [3.05, 3.63) is 137 Å². The van der Waals surface area contributed by atoms with E-state index in [1.165, 1.54) is 28.0 Å². The zero-order valence-electron chi connectivity index (χ0n) is 19.5. The van der Waals surface area contributed by atoms with E-state index in [0.29, 0.717) is 11.1 Å². The number of nitrogens with zero attached hydrogens (tertiary/aromatic N) is 2. The van der Waals surface area contributed by atoms with E-state index < -0.39 is 0 Å². The number of allylic oxidation sites excluding steroid dienone is 1. The van der Waals surface area contributed by atoms with Crippen LogP contribution in [0.3, 0.4) is 0 Å². The number of rotatable bonds is 5. The van der Waals surface area contributed by atoms with Crippen molar-refractivity contribution in [3.63, 3.8) is 0 Å². The Morgan fingerprint density at radius 3 is 2.67 bits per heavy atom. The maximum Gasteiger partial charge on any atom is 0.271 e. The second-order valence-corrected chi connectivity index (χ2v) is 10.7. The van der Waals surface area contributed by atoms with Crippen LogP contribution >= 0.6 is 27.3 Å². The molecule has 4 nitrogen and oxygen atoms in total. The molecule has 0 N–H and O–H groups in total. The van der Waals surface area contributed by atoms with Crippen molar-refractivity contribution in [1.29, 1.82) is 0 Å². The van der Waals surface area contributed by atoms with Gasteiger partial charge in [0, 0.05) is 15.6 Å². The number of hydrogen-bond donors (Lipinski definition) is 0. The molecule has 0 bridgehead atoms. The van der Waals surface area contributed by atoms with Crippen LogP contribution in [0.2, 0.25) is 0 Å². The van der Waals surface area contributed by atoms with E-state index in [-0.39, 0.29) is 11.6 Å². The second-order valence-electron chi connectivity index (χ2n) is 8.80. The maximum absolute atomic E-state index is 13.9. The van der Waals surface area contributed by atoms with Gasteiger partial charge >= 0.3 is 0 Å². The monoisotopic (exact) mass is 554 g/mol. The van der Waals surface area contributed by atoms with E-state index in [2.05, 4.69) is 58.9 Å². The summed E-state index contributed by atoms with van der Waals surface area (Å²) in [5.41, 5.74) is 6.59. The molecular formula is C30H23BrN2O2S. The zero-order valence-corrected chi connectivity index (χ0v) is 21.9. The van der Waals surface area contributed by atoms with Crippen molar-refractivity contribution in [1.82, 2.24) is 4.57 Å². The minimum Gasteiger partial charge on any atom is -0.489 e. The van der Waals surface area contributed by atoms with Crippen LogP contribution in [0.15, 0.2) is 105 Å². The summed E-state index contributed by atoms with van der Waals surface area (Å²) in [6.45, 7) is 4.14. The van der Waals surface area contributed by atoms with Gasteiger partial charge in [-0.15, -0.1) is 0 Å². The van der Waals surface area contributed by atoms with E-state index in [9.17, 15) is 4.79 Å². The summed E-state index contributed by atoms with van der Waals surface area (Å²) in [5, 5.41) is 0. The van der Waals surface area contributed by atoms with E-state index in [4.69, 9.17) is 9.73 Å². The van der Waals surface area contributed by atoms with Crippen molar-refractivity contribution < 1.29 is 4.74 Å². The number of para-hydroxylation sites is 1. The number of halogens is 1. The SMILES string of the molecule is C=CCOc1ccccc1/C=c1\sc2n(c1=O)[C@@H](c1ccc(Br)cc1)C1=C(N=2)c2ccccc2CC1. The Balaban J connectivity index is 1.58. The van der Waals surface area contributed by atoms with Crippen LogP contribution in [0.1, 0.15) is 34.7 Å². The summed E-state index contributed by atoms with van der Waals surface area (Å²) in [6, 6.07) is 24.3. The first kappa shape index (κ1) is 23.0. The molecule has 1 atom stereocenters. The van der Waals surface area contributed by atoms with Gasteiger partial charge in [-0.2, -0.15) is 0 Å². The van der Waals surface area contributed by atoms with Gasteiger partial charge in [-0.1, -0.05) is 94.5 Å². The first-order valence-corrected chi connectivity index (χ1v) is 13.5. The minimum atomic E-state index is -0.188. The van der Waals surface area contributed by atoms with Crippen LogP contribution in [0.5, 0.6) is 5.75 Å². The Labute approximate surface area is 221 Å². The van der Waals surface area contributed by atoms with Gasteiger partial charge in [-0.25, -0.2) is 4.99 Å². The normalized spacial score (nSPS) is 16.6. The van der Waals surface area contributed by atoms with Crippen molar-refractivity contribution in [2.24, 2.45) is 4.99 Å². The first-order chi connectivity index (χ1) is 17.6. The highest BCUT2D eigenvalue weighted by Crippen LogP contribution is 2.41. The topological polar surface area (TPSA) is 43.6 Å². The van der Waals surface area contributed by atoms with Crippen molar-refractivity contribution in [2.45, 2.75) is 18.9 Å². The molecule has 2 aliphatic rings. The summed E-state index contributed by atoms with van der Waals surface area (Å²) in [4.78, 5) is 19.7. The lowest BCUT2D eigenvalue weighted by atomic mass is 9.83. The fraction of sp³-hybridized carbons (Fsp3) is 0.133. The fourth-order valence-corrected chi connectivity index (χ4v) is 6.24. The third-order valence-corrected chi connectivity index (χ3v) is 8.13. The van der Waals surface area contributed by atoms with Gasteiger partial charge in [0.1, 0.15) is 12.4 Å². The third kappa shape index (κ3) is 4.00. The molecule has 0 saturated heterocycles. The molecule has 178 valence electrons. The molecule has 6 heteroatoms. The molecule has 0 amide bonds. The van der Waals surface area contributed by atoms with Crippen LogP contribution in [0, 0.1) is 0 Å². The van der Waals surface area contributed by atoms with E-state index >= 15 is 0 Å². The summed E-state index contributed by atoms with van der Waals surface area (Å²) in [5.74, 6) is 0.723. The van der Waals surface area contributed by atoms with E-state index in [1.54, 1.807) is 6.08 Å². The maximum atomic E-state index is 13.9. The van der Waals surface area contributed by atoms with Crippen molar-refractivity contribution in [2.75, 3.05) is 6.61 Å². The van der Waals surface area contributed by atoms with Crippen LogP contribution in [0.25, 0.3) is 11.8 Å². The number of benzene rings is 3. The van der Waals surface area contributed by atoms with E-state index in [0.717, 1.165) is 44.7 Å². The quantitative estimate of drug-likeness (QED) is 0.299. The predicted octanol–water partition coefficient (Wildman–Crippen LogP) is 5.65. The standard InChI is InChI=1S/C30H23BrN2O2S/c1-2-17-35-25-10-6-4-8-21(25)18-26-29(34)33-28(20-11-14-22(31)15-12-20)24-16-13-19-7-3-5-9-23(19)27(24)32-30(33)36-26/h2-12,14-15,18,28H,1,13,16-17H2/b26-18-/t28-/m0/s1. The number of aromatic nitrogens is 1. The lowest BCUT2D eigenvalue weighted by Crippen LogP contribution is -2.38. The smallest absolute Gasteiger partial charge is 0.271 e. The van der Waals surface area contributed by atoms with Crippen molar-refractivity contribution in [3.8, 4) is 5.75 Å². The van der Waals surface area contributed by atoms with Crippen molar-refractivity contribution >= 4 is 39.0 Å². The van der Waals surface area contributed by atoms with Gasteiger partial charge in [0.25, 0.3) is 5.56 Å². The molecule has 3 aromatic carbocycles. The number of fused-ring (bicyclic) bond motifs is 3. The van der Waals surface area contributed by atoms with Crippen LogP contribution in [-0.4, -0.2) is 11.2 Å². The summed E-state index contributed by atoms with van der Waals surface area (Å²) in [7, 11) is 0. The van der Waals surface area contributed by atoms with Crippen LogP contribution in [-0.2, 0) is 6.42 Å². The molecule has 1 aliphatic heterocycles. The number of hydrogen-bond acceptors (Lipinski definition) is 4. The minimum absolute atomic E-state index is 0.0319. The predicted molar refractivity (Wildman–Crippen MR) is 149 cm³/mol. The lowest BCUT2D eigenvalue weighted by molar-refractivity contribution is 0.362. The molecule has 36 heavy (non-hydrogen) atoms. The molecule has 0 saturated carbocycles. The molecule has 0 radical (unpaired) electrons. The molecule has 1 aromatic heterocycles. The number of ether oxygens (including phenoxy) is 1. The number of thiazole rings is 1. The third-order valence-electron chi connectivity index (χ3n) is 6.62. The summed E-state index contributed by atoms with van der Waals surface area (Å²) in [6.07, 6.45) is 5.44. The summed E-state index contributed by atoms with van der Waals surface area (Å²) < 4.78 is 9.35. The van der Waals surface area contributed by atoms with Gasteiger partial charge in [-0.3, -0.25) is 9.36 Å². The van der Waals surface area contributed by atoms with Gasteiger partial charge in [0.2, 0.25) is 0 Å². The average Bonchev–Trinajstić information content (AvgIpc) is 3.22. The number of aryl methyl sites for hydroxylation is 1. The molecule has 4 aromatic rings. The highest BCUT2D eigenvalue weighted by Gasteiger charge is 2.32. The largest absolute Gasteiger partial charge is 0.489 e. The Kier molecular flexibility index (Phi) is 6.07. The van der Waals surface area contributed by atoms with Crippen LogP contribution in [0.4, 0.5) is 0 Å². The molecule has 0 fully saturated rings. The fourth-order valence-electron chi connectivity index (χ4n) is 4.99. The zero-order chi connectivity index (χ0) is 24.6. The lowest BCUT2D eigenvalue weighted by Gasteiger charge is -2.30. The second kappa shape index (κ2) is 9.52.